The number of hydrogen-bond donors (Lipinski definition) is 2. The molecule has 13 heavy (non-hydrogen) atoms. The van der Waals surface area contributed by atoms with Gasteiger partial charge in [-0.05, 0) is 31.6 Å². The van der Waals surface area contributed by atoms with Crippen LogP contribution in [0.2, 0.25) is 0 Å². The minimum Gasteiger partial charge on any atom is -0.396 e. The van der Waals surface area contributed by atoms with Crippen molar-refractivity contribution in [1.29, 1.82) is 0 Å². The molecule has 1 saturated carbocycles. The Bertz CT molecular complexity index is 223. The first kappa shape index (κ1) is 9.00. The number of carbonyl (C=O) groups is 1. The SMILES string of the molecule is C[C@H](CO)CC1CC2(CC2)NC1=O. The normalized spacial score (nSPS) is 31.8. The molecule has 0 aromatic rings. The first-order valence-corrected chi connectivity index (χ1v) is 5.08. The van der Waals surface area contributed by atoms with Gasteiger partial charge in [-0.15, -0.1) is 0 Å². The summed E-state index contributed by atoms with van der Waals surface area (Å²) in [7, 11) is 0. The summed E-state index contributed by atoms with van der Waals surface area (Å²) in [5.74, 6) is 0.618. The first-order chi connectivity index (χ1) is 6.15. The van der Waals surface area contributed by atoms with E-state index < -0.39 is 0 Å². The molecule has 0 aromatic heterocycles. The van der Waals surface area contributed by atoms with Crippen LogP contribution in [0.15, 0.2) is 0 Å². The third-order valence-electron chi connectivity index (χ3n) is 3.25. The predicted molar refractivity (Wildman–Crippen MR) is 49.1 cm³/mol. The molecule has 1 spiro atoms. The summed E-state index contributed by atoms with van der Waals surface area (Å²) >= 11 is 0. The van der Waals surface area contributed by atoms with Crippen LogP contribution in [0.5, 0.6) is 0 Å². The van der Waals surface area contributed by atoms with Gasteiger partial charge in [0.2, 0.25) is 5.91 Å². The van der Waals surface area contributed by atoms with Crippen molar-refractivity contribution >= 4 is 5.91 Å². The second kappa shape index (κ2) is 2.98. The Morgan fingerprint density at radius 1 is 1.69 bits per heavy atom. The number of hydrogen-bond acceptors (Lipinski definition) is 2. The lowest BCUT2D eigenvalue weighted by atomic mass is 9.93. The quantitative estimate of drug-likeness (QED) is 0.675. The zero-order valence-electron chi connectivity index (χ0n) is 8.05. The van der Waals surface area contributed by atoms with Gasteiger partial charge in [-0.3, -0.25) is 4.79 Å². The summed E-state index contributed by atoms with van der Waals surface area (Å²) in [6.45, 7) is 2.18. The fourth-order valence-electron chi connectivity index (χ4n) is 2.21. The molecule has 0 radical (unpaired) electrons. The van der Waals surface area contributed by atoms with E-state index in [4.69, 9.17) is 5.11 Å². The summed E-state index contributed by atoms with van der Waals surface area (Å²) in [5, 5.41) is 12.0. The van der Waals surface area contributed by atoms with E-state index in [1.165, 1.54) is 0 Å². The van der Waals surface area contributed by atoms with Gasteiger partial charge in [0.1, 0.15) is 0 Å². The second-order valence-electron chi connectivity index (χ2n) is 4.69. The van der Waals surface area contributed by atoms with Crippen molar-refractivity contribution in [3.8, 4) is 0 Å². The van der Waals surface area contributed by atoms with Crippen molar-refractivity contribution in [1.82, 2.24) is 5.32 Å². The number of nitrogens with one attached hydrogen (secondary N) is 1. The third-order valence-corrected chi connectivity index (χ3v) is 3.25. The van der Waals surface area contributed by atoms with E-state index in [9.17, 15) is 4.79 Å². The Hall–Kier alpha value is -0.570. The van der Waals surface area contributed by atoms with E-state index >= 15 is 0 Å². The average molecular weight is 183 g/mol. The number of amides is 1. The molecule has 1 aliphatic carbocycles. The summed E-state index contributed by atoms with van der Waals surface area (Å²) in [6, 6.07) is 0. The zero-order valence-corrected chi connectivity index (χ0v) is 8.05. The molecule has 1 unspecified atom stereocenters. The van der Waals surface area contributed by atoms with Crippen LogP contribution in [0.4, 0.5) is 0 Å². The monoisotopic (exact) mass is 183 g/mol. The summed E-state index contributed by atoms with van der Waals surface area (Å²) in [5.41, 5.74) is 0.191. The molecule has 3 nitrogen and oxygen atoms in total. The molecule has 3 heteroatoms. The lowest BCUT2D eigenvalue weighted by Crippen LogP contribution is -2.27. The predicted octanol–water partition coefficient (Wildman–Crippen LogP) is 0.674. The van der Waals surface area contributed by atoms with E-state index in [1.807, 2.05) is 6.92 Å². The van der Waals surface area contributed by atoms with E-state index in [1.54, 1.807) is 0 Å². The van der Waals surface area contributed by atoms with Crippen LogP contribution in [0.25, 0.3) is 0 Å². The molecule has 2 aliphatic rings. The lowest BCUT2D eigenvalue weighted by Gasteiger charge is -2.11. The van der Waals surface area contributed by atoms with E-state index in [2.05, 4.69) is 5.32 Å². The molecule has 74 valence electrons. The van der Waals surface area contributed by atoms with Crippen molar-refractivity contribution < 1.29 is 9.90 Å². The molecular weight excluding hydrogens is 166 g/mol. The van der Waals surface area contributed by atoms with E-state index in [0.717, 1.165) is 25.7 Å². The van der Waals surface area contributed by atoms with Gasteiger partial charge in [0, 0.05) is 18.1 Å². The minimum atomic E-state index is 0.157. The molecule has 0 bridgehead atoms. The molecule has 1 saturated heterocycles. The molecule has 1 heterocycles. The maximum atomic E-state index is 11.5. The maximum Gasteiger partial charge on any atom is 0.223 e. The van der Waals surface area contributed by atoms with Gasteiger partial charge in [0.15, 0.2) is 0 Å². The van der Waals surface area contributed by atoms with Crippen LogP contribution < -0.4 is 5.32 Å². The molecule has 2 rings (SSSR count). The van der Waals surface area contributed by atoms with Gasteiger partial charge in [-0.2, -0.15) is 0 Å². The molecule has 1 amide bonds. The van der Waals surface area contributed by atoms with Gasteiger partial charge >= 0.3 is 0 Å². The first-order valence-electron chi connectivity index (χ1n) is 5.08. The van der Waals surface area contributed by atoms with Gasteiger partial charge in [0.05, 0.1) is 0 Å². The number of rotatable bonds is 3. The van der Waals surface area contributed by atoms with Gasteiger partial charge in [-0.25, -0.2) is 0 Å². The van der Waals surface area contributed by atoms with Crippen molar-refractivity contribution in [3.63, 3.8) is 0 Å². The zero-order chi connectivity index (χ0) is 9.47. The van der Waals surface area contributed by atoms with Crippen LogP contribution in [0, 0.1) is 11.8 Å². The Labute approximate surface area is 78.5 Å². The molecule has 2 fully saturated rings. The van der Waals surface area contributed by atoms with Crippen molar-refractivity contribution in [2.45, 2.75) is 38.1 Å². The number of carbonyl (C=O) groups excluding carboxylic acids is 1. The van der Waals surface area contributed by atoms with Crippen LogP contribution in [0.1, 0.15) is 32.6 Å². The highest BCUT2D eigenvalue weighted by Crippen LogP contribution is 2.46. The van der Waals surface area contributed by atoms with Crippen molar-refractivity contribution in [3.05, 3.63) is 0 Å². The number of aliphatic hydroxyl groups is 1. The summed E-state index contributed by atoms with van der Waals surface area (Å²) < 4.78 is 0. The van der Waals surface area contributed by atoms with E-state index in [-0.39, 0.29) is 29.9 Å². The fourth-order valence-corrected chi connectivity index (χ4v) is 2.21. The maximum absolute atomic E-state index is 11.5. The topological polar surface area (TPSA) is 49.3 Å². The average Bonchev–Trinajstić information content (AvgIpc) is 2.75. The van der Waals surface area contributed by atoms with Crippen LogP contribution in [-0.2, 0) is 4.79 Å². The molecule has 1 aliphatic heterocycles. The summed E-state index contributed by atoms with van der Waals surface area (Å²) in [4.78, 5) is 11.5. The van der Waals surface area contributed by atoms with Gasteiger partial charge in [-0.1, -0.05) is 6.92 Å². The standard InChI is InChI=1S/C10H17NO2/c1-7(6-12)4-8-5-10(2-3-10)11-9(8)13/h7-8,12H,2-6H2,1H3,(H,11,13)/t7-,8?/m0/s1. The largest absolute Gasteiger partial charge is 0.396 e. The molecule has 0 aromatic carbocycles. The van der Waals surface area contributed by atoms with Crippen LogP contribution in [-0.4, -0.2) is 23.2 Å². The lowest BCUT2D eigenvalue weighted by molar-refractivity contribution is -0.123. The molecular formula is C10H17NO2. The Morgan fingerprint density at radius 3 is 2.85 bits per heavy atom. The van der Waals surface area contributed by atoms with Gasteiger partial charge < -0.3 is 10.4 Å². The van der Waals surface area contributed by atoms with Crippen molar-refractivity contribution in [2.75, 3.05) is 6.61 Å². The highest BCUT2D eigenvalue weighted by molar-refractivity contribution is 5.82. The van der Waals surface area contributed by atoms with Crippen molar-refractivity contribution in [2.24, 2.45) is 11.8 Å². The smallest absolute Gasteiger partial charge is 0.223 e. The second-order valence-corrected chi connectivity index (χ2v) is 4.69. The van der Waals surface area contributed by atoms with Gasteiger partial charge in [0.25, 0.3) is 0 Å². The minimum absolute atomic E-state index is 0.157. The summed E-state index contributed by atoms with van der Waals surface area (Å²) in [6.07, 6.45) is 4.14. The molecule has 2 atom stereocenters. The Morgan fingerprint density at radius 2 is 2.38 bits per heavy atom. The Kier molecular flexibility index (Phi) is 2.06. The Balaban J connectivity index is 1.90. The highest BCUT2D eigenvalue weighted by Gasteiger charge is 2.52. The number of aliphatic hydroxyl groups excluding tert-OH is 1. The highest BCUT2D eigenvalue weighted by atomic mass is 16.3. The third kappa shape index (κ3) is 1.70. The fraction of sp³-hybridized carbons (Fsp3) is 0.900. The molecule has 2 N–H and O–H groups in total. The van der Waals surface area contributed by atoms with Crippen LogP contribution >= 0.6 is 0 Å². The van der Waals surface area contributed by atoms with Crippen LogP contribution in [0.3, 0.4) is 0 Å². The van der Waals surface area contributed by atoms with E-state index in [0.29, 0.717) is 0 Å².